The van der Waals surface area contributed by atoms with Gasteiger partial charge in [0.15, 0.2) is 5.82 Å². The summed E-state index contributed by atoms with van der Waals surface area (Å²) in [6, 6.07) is 8.59. The molecule has 0 aliphatic carbocycles. The summed E-state index contributed by atoms with van der Waals surface area (Å²) in [6.07, 6.45) is 5.86. The lowest BCUT2D eigenvalue weighted by atomic mass is 10.1. The zero-order valence-electron chi connectivity index (χ0n) is 14.9. The highest BCUT2D eigenvalue weighted by atomic mass is 35.5. The van der Waals surface area contributed by atoms with Crippen LogP contribution in [-0.4, -0.2) is 38.1 Å². The molecule has 1 aliphatic rings. The number of aromatic nitrogens is 4. The first kappa shape index (κ1) is 18.1. The third-order valence-corrected chi connectivity index (χ3v) is 4.75. The van der Waals surface area contributed by atoms with Gasteiger partial charge in [-0.25, -0.2) is 14.6 Å². The number of amides is 2. The monoisotopic (exact) mass is 396 g/mol. The summed E-state index contributed by atoms with van der Waals surface area (Å²) in [7, 11) is 0. The lowest BCUT2D eigenvalue weighted by Gasteiger charge is -2.20. The molecule has 0 atom stereocenters. The molecule has 1 fully saturated rings. The molecule has 0 unspecified atom stereocenters. The Hall–Kier alpha value is -3.26. The molecular weight excluding hydrogens is 380 g/mol. The smallest absolute Gasteiger partial charge is 0.253 e. The van der Waals surface area contributed by atoms with E-state index in [-0.39, 0.29) is 18.4 Å². The van der Waals surface area contributed by atoms with Crippen LogP contribution >= 0.6 is 11.6 Å². The average Bonchev–Trinajstić information content (AvgIpc) is 3.38. The van der Waals surface area contributed by atoms with Crippen molar-refractivity contribution in [1.82, 2.24) is 25.1 Å². The number of benzene rings is 1. The van der Waals surface area contributed by atoms with Crippen molar-refractivity contribution in [2.24, 2.45) is 0 Å². The SMILES string of the molecule is O=C(NCc1cccnc1-n1cncn1)c1ccc(Cl)cc1N1CCCC1=O. The number of hydrogen-bond acceptors (Lipinski definition) is 5. The van der Waals surface area contributed by atoms with Gasteiger partial charge in [0.05, 0.1) is 11.3 Å². The van der Waals surface area contributed by atoms with Gasteiger partial charge in [-0.2, -0.15) is 5.10 Å². The molecule has 0 spiro atoms. The molecule has 1 saturated heterocycles. The predicted octanol–water partition coefficient (Wildman–Crippen LogP) is 2.37. The van der Waals surface area contributed by atoms with Gasteiger partial charge in [0, 0.05) is 36.3 Å². The Bertz CT molecular complexity index is 1020. The number of pyridine rings is 1. The lowest BCUT2D eigenvalue weighted by molar-refractivity contribution is -0.117. The van der Waals surface area contributed by atoms with E-state index in [2.05, 4.69) is 20.4 Å². The number of hydrogen-bond donors (Lipinski definition) is 1. The van der Waals surface area contributed by atoms with Crippen molar-refractivity contribution in [1.29, 1.82) is 0 Å². The van der Waals surface area contributed by atoms with Gasteiger partial charge in [-0.3, -0.25) is 9.59 Å². The molecule has 0 radical (unpaired) electrons. The maximum atomic E-state index is 12.9. The second-order valence-electron chi connectivity index (χ2n) is 6.32. The first-order chi connectivity index (χ1) is 13.6. The van der Waals surface area contributed by atoms with E-state index in [1.165, 1.54) is 11.0 Å². The van der Waals surface area contributed by atoms with E-state index in [1.807, 2.05) is 6.07 Å². The van der Waals surface area contributed by atoms with E-state index in [0.717, 1.165) is 12.0 Å². The van der Waals surface area contributed by atoms with Crippen LogP contribution in [0.3, 0.4) is 0 Å². The molecule has 2 amide bonds. The third kappa shape index (κ3) is 3.59. The van der Waals surface area contributed by atoms with E-state index in [4.69, 9.17) is 11.6 Å². The quantitative estimate of drug-likeness (QED) is 0.714. The second kappa shape index (κ2) is 7.77. The van der Waals surface area contributed by atoms with E-state index in [0.29, 0.717) is 35.1 Å². The van der Waals surface area contributed by atoms with Crippen LogP contribution in [0.5, 0.6) is 0 Å². The topological polar surface area (TPSA) is 93.0 Å². The van der Waals surface area contributed by atoms with E-state index < -0.39 is 0 Å². The number of nitrogens with zero attached hydrogens (tertiary/aromatic N) is 5. The maximum absolute atomic E-state index is 12.9. The Morgan fingerprint density at radius 2 is 2.18 bits per heavy atom. The van der Waals surface area contributed by atoms with Gasteiger partial charge in [-0.1, -0.05) is 17.7 Å². The molecule has 0 saturated carbocycles. The molecular formula is C19H17ClN6O2. The summed E-state index contributed by atoms with van der Waals surface area (Å²) in [6.45, 7) is 0.830. The standard InChI is InChI=1S/C19H17ClN6O2/c20-14-5-6-15(16(9-14)25-8-2-4-17(25)27)19(28)23-10-13-3-1-7-22-18(13)26-12-21-11-24-26/h1,3,5-7,9,11-12H,2,4,8,10H2,(H,23,28). The molecule has 3 heterocycles. The molecule has 1 N–H and O–H groups in total. The van der Waals surface area contributed by atoms with Crippen molar-refractivity contribution in [3.05, 3.63) is 65.3 Å². The number of halogens is 1. The Morgan fingerprint density at radius 3 is 2.93 bits per heavy atom. The molecule has 2 aromatic heterocycles. The Balaban J connectivity index is 1.57. The van der Waals surface area contributed by atoms with Crippen LogP contribution in [0, 0.1) is 0 Å². The average molecular weight is 397 g/mol. The molecule has 3 aromatic rings. The minimum Gasteiger partial charge on any atom is -0.348 e. The number of nitrogens with one attached hydrogen (secondary N) is 1. The summed E-state index contributed by atoms with van der Waals surface area (Å²) >= 11 is 6.10. The van der Waals surface area contributed by atoms with Crippen molar-refractivity contribution >= 4 is 29.1 Å². The highest BCUT2D eigenvalue weighted by molar-refractivity contribution is 6.31. The molecule has 28 heavy (non-hydrogen) atoms. The number of anilines is 1. The molecule has 142 valence electrons. The van der Waals surface area contributed by atoms with Crippen LogP contribution in [0.25, 0.3) is 5.82 Å². The Labute approximate surface area is 166 Å². The number of carbonyl (C=O) groups is 2. The third-order valence-electron chi connectivity index (χ3n) is 4.51. The highest BCUT2D eigenvalue weighted by Crippen LogP contribution is 2.28. The first-order valence-corrected chi connectivity index (χ1v) is 9.18. The number of rotatable bonds is 5. The molecule has 8 nitrogen and oxygen atoms in total. The van der Waals surface area contributed by atoms with Gasteiger partial charge in [-0.05, 0) is 30.7 Å². The normalized spacial score (nSPS) is 13.8. The molecule has 4 rings (SSSR count). The molecule has 1 aliphatic heterocycles. The fraction of sp³-hybridized carbons (Fsp3) is 0.211. The molecule has 1 aromatic carbocycles. The van der Waals surface area contributed by atoms with E-state index in [9.17, 15) is 9.59 Å². The van der Waals surface area contributed by atoms with Gasteiger partial charge in [0.1, 0.15) is 12.7 Å². The highest BCUT2D eigenvalue weighted by Gasteiger charge is 2.26. The summed E-state index contributed by atoms with van der Waals surface area (Å²) < 4.78 is 1.54. The molecule has 0 bridgehead atoms. The van der Waals surface area contributed by atoms with E-state index in [1.54, 1.807) is 41.7 Å². The minimum absolute atomic E-state index is 0.00274. The Kier molecular flexibility index (Phi) is 5.03. The van der Waals surface area contributed by atoms with Crippen LogP contribution in [0.15, 0.2) is 49.2 Å². The fourth-order valence-corrected chi connectivity index (χ4v) is 3.35. The van der Waals surface area contributed by atoms with Crippen LogP contribution in [0.2, 0.25) is 5.02 Å². The van der Waals surface area contributed by atoms with Crippen molar-refractivity contribution < 1.29 is 9.59 Å². The van der Waals surface area contributed by atoms with Crippen molar-refractivity contribution in [3.63, 3.8) is 0 Å². The zero-order chi connectivity index (χ0) is 19.5. The largest absolute Gasteiger partial charge is 0.348 e. The van der Waals surface area contributed by atoms with E-state index >= 15 is 0 Å². The van der Waals surface area contributed by atoms with Crippen molar-refractivity contribution in [3.8, 4) is 5.82 Å². The lowest BCUT2D eigenvalue weighted by Crippen LogP contribution is -2.29. The molecule has 9 heteroatoms. The van der Waals surface area contributed by atoms with Gasteiger partial charge in [0.25, 0.3) is 5.91 Å². The maximum Gasteiger partial charge on any atom is 0.253 e. The van der Waals surface area contributed by atoms with Gasteiger partial charge < -0.3 is 10.2 Å². The van der Waals surface area contributed by atoms with Gasteiger partial charge in [-0.15, -0.1) is 0 Å². The first-order valence-electron chi connectivity index (χ1n) is 8.80. The summed E-state index contributed by atoms with van der Waals surface area (Å²) in [5, 5.41) is 7.46. The zero-order valence-corrected chi connectivity index (χ0v) is 15.6. The summed E-state index contributed by atoms with van der Waals surface area (Å²) in [4.78, 5) is 34.9. The van der Waals surface area contributed by atoms with Crippen molar-refractivity contribution in [2.75, 3.05) is 11.4 Å². The summed E-state index contributed by atoms with van der Waals surface area (Å²) in [5.74, 6) is 0.295. The van der Waals surface area contributed by atoms with Crippen LogP contribution < -0.4 is 10.2 Å². The number of carbonyl (C=O) groups excluding carboxylic acids is 2. The van der Waals surface area contributed by atoms with Gasteiger partial charge >= 0.3 is 0 Å². The Morgan fingerprint density at radius 1 is 1.29 bits per heavy atom. The summed E-state index contributed by atoms with van der Waals surface area (Å²) in [5.41, 5.74) is 1.73. The minimum atomic E-state index is -0.292. The second-order valence-corrected chi connectivity index (χ2v) is 6.76. The van der Waals surface area contributed by atoms with Crippen LogP contribution in [0.4, 0.5) is 5.69 Å². The fourth-order valence-electron chi connectivity index (χ4n) is 3.19. The van der Waals surface area contributed by atoms with Crippen molar-refractivity contribution in [2.45, 2.75) is 19.4 Å². The van der Waals surface area contributed by atoms with Crippen LogP contribution in [0.1, 0.15) is 28.8 Å². The predicted molar refractivity (Wildman–Crippen MR) is 103 cm³/mol. The van der Waals surface area contributed by atoms with Crippen LogP contribution in [-0.2, 0) is 11.3 Å². The van der Waals surface area contributed by atoms with Gasteiger partial charge in [0.2, 0.25) is 5.91 Å².